The van der Waals surface area contributed by atoms with Crippen molar-refractivity contribution in [2.45, 2.75) is 13.5 Å². The molecule has 0 saturated heterocycles. The molecule has 1 aromatic carbocycles. The second-order valence-electron chi connectivity index (χ2n) is 4.50. The van der Waals surface area contributed by atoms with Gasteiger partial charge in [0.2, 0.25) is 0 Å². The van der Waals surface area contributed by atoms with Gasteiger partial charge < -0.3 is 14.6 Å². The maximum Gasteiger partial charge on any atom is 0.339 e. The monoisotopic (exact) mass is 258 g/mol. The number of rotatable bonds is 4. The molecule has 1 N–H and O–H groups in total. The molecule has 4 nitrogen and oxygen atoms in total. The van der Waals surface area contributed by atoms with Gasteiger partial charge in [-0.3, -0.25) is 0 Å². The molecule has 19 heavy (non-hydrogen) atoms. The number of aryl methyl sites for hydroxylation is 2. The van der Waals surface area contributed by atoms with Crippen molar-refractivity contribution in [1.29, 1.82) is 0 Å². The number of benzene rings is 1. The second-order valence-corrected chi connectivity index (χ2v) is 4.50. The summed E-state index contributed by atoms with van der Waals surface area (Å²) in [7, 11) is 3.39. The first kappa shape index (κ1) is 13.2. The Kier molecular flexibility index (Phi) is 3.90. The maximum absolute atomic E-state index is 11.7. The lowest BCUT2D eigenvalue weighted by Gasteiger charge is -2.12. The van der Waals surface area contributed by atoms with Gasteiger partial charge >= 0.3 is 5.97 Å². The van der Waals surface area contributed by atoms with Crippen LogP contribution in [-0.2, 0) is 18.3 Å². The zero-order valence-electron chi connectivity index (χ0n) is 11.4. The molecule has 0 fully saturated rings. The van der Waals surface area contributed by atoms with E-state index in [0.29, 0.717) is 12.1 Å². The normalized spacial score (nSPS) is 10.3. The molecule has 1 heterocycles. The predicted molar refractivity (Wildman–Crippen MR) is 75.3 cm³/mol. The van der Waals surface area contributed by atoms with Crippen LogP contribution < -0.4 is 5.32 Å². The molecule has 0 aliphatic carbocycles. The molecule has 0 atom stereocenters. The average molecular weight is 258 g/mol. The lowest BCUT2D eigenvalue weighted by Crippen LogP contribution is -2.10. The number of anilines is 1. The van der Waals surface area contributed by atoms with E-state index in [1.54, 1.807) is 0 Å². The van der Waals surface area contributed by atoms with E-state index in [1.165, 1.54) is 7.11 Å². The van der Waals surface area contributed by atoms with Gasteiger partial charge in [-0.25, -0.2) is 4.79 Å². The van der Waals surface area contributed by atoms with Crippen LogP contribution in [-0.4, -0.2) is 17.6 Å². The van der Waals surface area contributed by atoms with Gasteiger partial charge in [0.05, 0.1) is 19.2 Å². The summed E-state index contributed by atoms with van der Waals surface area (Å²) in [5, 5.41) is 3.28. The second kappa shape index (κ2) is 5.61. The fourth-order valence-corrected chi connectivity index (χ4v) is 1.96. The maximum atomic E-state index is 11.7. The zero-order chi connectivity index (χ0) is 13.8. The number of methoxy groups -OCH3 is 1. The number of esters is 1. The SMILES string of the molecule is COC(=O)c1cc(C)ccc1NCc1cccn1C. The third-order valence-electron chi connectivity index (χ3n) is 3.09. The Labute approximate surface area is 113 Å². The Morgan fingerprint density at radius 2 is 2.16 bits per heavy atom. The van der Waals surface area contributed by atoms with Gasteiger partial charge in [-0.1, -0.05) is 11.6 Å². The van der Waals surface area contributed by atoms with Crippen LogP contribution in [0.1, 0.15) is 21.6 Å². The van der Waals surface area contributed by atoms with Gasteiger partial charge in [-0.05, 0) is 31.2 Å². The van der Waals surface area contributed by atoms with E-state index in [1.807, 2.05) is 55.1 Å². The van der Waals surface area contributed by atoms with Crippen molar-refractivity contribution < 1.29 is 9.53 Å². The molecule has 4 heteroatoms. The van der Waals surface area contributed by atoms with Crippen molar-refractivity contribution in [2.75, 3.05) is 12.4 Å². The number of nitrogens with one attached hydrogen (secondary N) is 1. The number of aromatic nitrogens is 1. The highest BCUT2D eigenvalue weighted by molar-refractivity contribution is 5.95. The molecule has 2 rings (SSSR count). The van der Waals surface area contributed by atoms with Gasteiger partial charge in [-0.2, -0.15) is 0 Å². The minimum absolute atomic E-state index is 0.321. The summed E-state index contributed by atoms with van der Waals surface area (Å²) in [4.78, 5) is 11.7. The number of ether oxygens (including phenoxy) is 1. The van der Waals surface area contributed by atoms with Crippen molar-refractivity contribution in [3.05, 3.63) is 53.3 Å². The summed E-state index contributed by atoms with van der Waals surface area (Å²) < 4.78 is 6.85. The van der Waals surface area contributed by atoms with E-state index in [2.05, 4.69) is 5.32 Å². The summed E-state index contributed by atoms with van der Waals surface area (Å²) in [5.74, 6) is -0.321. The van der Waals surface area contributed by atoms with Gasteiger partial charge in [0.1, 0.15) is 0 Å². The minimum Gasteiger partial charge on any atom is -0.465 e. The molecule has 100 valence electrons. The molecule has 0 radical (unpaired) electrons. The minimum atomic E-state index is -0.321. The van der Waals surface area contributed by atoms with Gasteiger partial charge in [-0.15, -0.1) is 0 Å². The van der Waals surface area contributed by atoms with E-state index < -0.39 is 0 Å². The molecule has 1 aromatic heterocycles. The molecule has 0 bridgehead atoms. The van der Waals surface area contributed by atoms with E-state index in [9.17, 15) is 4.79 Å². The van der Waals surface area contributed by atoms with Gasteiger partial charge in [0, 0.05) is 24.6 Å². The summed E-state index contributed by atoms with van der Waals surface area (Å²) >= 11 is 0. The first-order chi connectivity index (χ1) is 9.11. The predicted octanol–water partition coefficient (Wildman–Crippen LogP) is 2.73. The molecule has 0 unspecified atom stereocenters. The first-order valence-electron chi connectivity index (χ1n) is 6.15. The molecule has 0 spiro atoms. The van der Waals surface area contributed by atoms with Crippen LogP contribution in [0.25, 0.3) is 0 Å². The molecular weight excluding hydrogens is 240 g/mol. The fraction of sp³-hybridized carbons (Fsp3) is 0.267. The van der Waals surface area contributed by atoms with Crippen LogP contribution in [0.4, 0.5) is 5.69 Å². The smallest absolute Gasteiger partial charge is 0.339 e. The Morgan fingerprint density at radius 1 is 1.37 bits per heavy atom. The fourth-order valence-electron chi connectivity index (χ4n) is 1.96. The third-order valence-corrected chi connectivity index (χ3v) is 3.09. The number of nitrogens with zero attached hydrogens (tertiary/aromatic N) is 1. The first-order valence-corrected chi connectivity index (χ1v) is 6.15. The lowest BCUT2D eigenvalue weighted by molar-refractivity contribution is 0.0601. The highest BCUT2D eigenvalue weighted by atomic mass is 16.5. The van der Waals surface area contributed by atoms with Crippen molar-refractivity contribution in [1.82, 2.24) is 4.57 Å². The lowest BCUT2D eigenvalue weighted by atomic mass is 10.1. The highest BCUT2D eigenvalue weighted by Gasteiger charge is 2.12. The quantitative estimate of drug-likeness (QED) is 0.857. The largest absolute Gasteiger partial charge is 0.465 e. The molecule has 0 saturated carbocycles. The number of carbonyl (C=O) groups is 1. The Bertz CT molecular complexity index is 588. The van der Waals surface area contributed by atoms with Gasteiger partial charge in [0.25, 0.3) is 0 Å². The average Bonchev–Trinajstić information content (AvgIpc) is 2.82. The summed E-state index contributed by atoms with van der Waals surface area (Å²) in [5.41, 5.74) is 3.54. The molecule has 0 amide bonds. The van der Waals surface area contributed by atoms with Crippen LogP contribution in [0, 0.1) is 6.92 Å². The van der Waals surface area contributed by atoms with Gasteiger partial charge in [0.15, 0.2) is 0 Å². The van der Waals surface area contributed by atoms with E-state index in [4.69, 9.17) is 4.74 Å². The Hall–Kier alpha value is -2.23. The summed E-state index contributed by atoms with van der Waals surface area (Å²) in [6.07, 6.45) is 1.99. The molecule has 0 aliphatic heterocycles. The van der Waals surface area contributed by atoms with Crippen molar-refractivity contribution in [2.24, 2.45) is 7.05 Å². The third kappa shape index (κ3) is 2.96. The molecular formula is C15H18N2O2. The van der Waals surface area contributed by atoms with Crippen molar-refractivity contribution in [3.63, 3.8) is 0 Å². The Morgan fingerprint density at radius 3 is 2.79 bits per heavy atom. The number of hydrogen-bond acceptors (Lipinski definition) is 3. The van der Waals surface area contributed by atoms with Crippen LogP contribution >= 0.6 is 0 Å². The zero-order valence-corrected chi connectivity index (χ0v) is 11.4. The summed E-state index contributed by atoms with van der Waals surface area (Å²) in [6, 6.07) is 9.75. The number of carbonyl (C=O) groups excluding carboxylic acids is 1. The summed E-state index contributed by atoms with van der Waals surface area (Å²) in [6.45, 7) is 2.62. The van der Waals surface area contributed by atoms with Crippen LogP contribution in [0.5, 0.6) is 0 Å². The standard InChI is InChI=1S/C15H18N2O2/c1-11-6-7-14(13(9-11)15(18)19-3)16-10-12-5-4-8-17(12)2/h4-9,16H,10H2,1-3H3. The topological polar surface area (TPSA) is 43.3 Å². The van der Waals surface area contributed by atoms with E-state index in [-0.39, 0.29) is 5.97 Å². The molecule has 0 aliphatic rings. The van der Waals surface area contributed by atoms with E-state index >= 15 is 0 Å². The Balaban J connectivity index is 2.20. The van der Waals surface area contributed by atoms with E-state index in [0.717, 1.165) is 16.9 Å². The molecule has 2 aromatic rings. The highest BCUT2D eigenvalue weighted by Crippen LogP contribution is 2.19. The van der Waals surface area contributed by atoms with Crippen LogP contribution in [0.15, 0.2) is 36.5 Å². The van der Waals surface area contributed by atoms with Crippen LogP contribution in [0.2, 0.25) is 0 Å². The van der Waals surface area contributed by atoms with Crippen molar-refractivity contribution in [3.8, 4) is 0 Å². The van der Waals surface area contributed by atoms with Crippen molar-refractivity contribution >= 4 is 11.7 Å². The number of hydrogen-bond donors (Lipinski definition) is 1. The van der Waals surface area contributed by atoms with Crippen LogP contribution in [0.3, 0.4) is 0 Å².